The third kappa shape index (κ3) is 5.02. The van der Waals surface area contributed by atoms with E-state index in [1.807, 2.05) is 0 Å². The van der Waals surface area contributed by atoms with Gasteiger partial charge in [-0.05, 0) is 11.0 Å². The maximum atomic E-state index is 2.37. The molecule has 0 atom stereocenters. The molecule has 0 saturated carbocycles. The van der Waals surface area contributed by atoms with E-state index in [9.17, 15) is 0 Å². The molecule has 0 radical (unpaired) electrons. The fourth-order valence-electron chi connectivity index (χ4n) is 0. The van der Waals surface area contributed by atoms with Gasteiger partial charge in [0.15, 0.2) is 0 Å². The molecular weight excluding hydrogens is 207 g/mol. The Morgan fingerprint density at radius 1 is 1.00 bits per heavy atom. The second kappa shape index (κ2) is 3.82. The van der Waals surface area contributed by atoms with Crippen molar-refractivity contribution in [2.24, 2.45) is 0 Å². The average molecular weight is 226 g/mol. The molecule has 0 aromatic carbocycles. The predicted molar refractivity (Wildman–Crippen MR) is 42.8 cm³/mol. The Hall–Kier alpha value is 0.879. The first-order valence-electron chi connectivity index (χ1n) is 2.29. The zero-order valence-corrected chi connectivity index (χ0v) is 7.37. The standard InChI is InChI=1S/C4H9.2CH3.Pd.H4Si/c1-4(2)3;;;;/h1-3H3;2*1H3;;1H4. The fourth-order valence-corrected chi connectivity index (χ4v) is 0. The molecule has 57 valence electrons. The second-order valence-corrected chi connectivity index (χ2v) is 8.05. The Morgan fingerprint density at radius 2 is 1.12 bits per heavy atom. The Labute approximate surface area is 63.4 Å². The minimum atomic E-state index is -0.174. The Morgan fingerprint density at radius 3 is 1.12 bits per heavy atom. The van der Waals surface area contributed by atoms with Crippen molar-refractivity contribution in [3.8, 4) is 0 Å². The van der Waals surface area contributed by atoms with Crippen LogP contribution in [-0.2, 0) is 16.8 Å². The third-order valence-electron chi connectivity index (χ3n) is 0.949. The van der Waals surface area contributed by atoms with Crippen molar-refractivity contribution in [3.05, 3.63) is 0 Å². The molecule has 0 amide bonds. The fraction of sp³-hybridized carbons (Fsp3) is 1.00. The number of rotatable bonds is 0. The first-order valence-corrected chi connectivity index (χ1v) is 6.18. The molecular formula is C6H19PdSi. The summed E-state index contributed by atoms with van der Waals surface area (Å²) in [5.74, 6) is 0. The maximum absolute atomic E-state index is 2.37. The van der Waals surface area contributed by atoms with Crippen molar-refractivity contribution < 1.29 is 16.8 Å². The van der Waals surface area contributed by atoms with Crippen LogP contribution >= 0.6 is 0 Å². The molecule has 2 heteroatoms. The molecule has 0 aliphatic carbocycles. The molecule has 0 rings (SSSR count). The Bertz CT molecular complexity index is 54.0. The third-order valence-corrected chi connectivity index (χ3v) is 5.61. The number of hydrogen-bond donors (Lipinski definition) is 0. The molecule has 0 N–H and O–H groups in total. The minimum absolute atomic E-state index is 0. The van der Waals surface area contributed by atoms with Gasteiger partial charge in [-0.25, -0.2) is 0 Å². The minimum Gasteiger partial charge on any atom is -0.0149 e. The van der Waals surface area contributed by atoms with E-state index in [0.717, 1.165) is 0 Å². The maximum Gasteiger partial charge on any atom is -0.0149 e. The summed E-state index contributed by atoms with van der Waals surface area (Å²) in [6.07, 6.45) is 0. The van der Waals surface area contributed by atoms with E-state index in [0.29, 0.717) is 3.89 Å². The molecule has 0 aliphatic heterocycles. The van der Waals surface area contributed by atoms with Crippen LogP contribution in [0.3, 0.4) is 0 Å². The van der Waals surface area contributed by atoms with Gasteiger partial charge in [0.25, 0.3) is 0 Å². The first kappa shape index (κ1) is 11.6. The molecule has 0 aromatic heterocycles. The molecule has 0 saturated heterocycles. The molecule has 0 aromatic rings. The molecule has 0 bridgehead atoms. The van der Waals surface area contributed by atoms with Gasteiger partial charge < -0.3 is 0 Å². The summed E-state index contributed by atoms with van der Waals surface area (Å²) in [6.45, 7) is 6.94. The van der Waals surface area contributed by atoms with Crippen LogP contribution in [0.25, 0.3) is 0 Å². The van der Waals surface area contributed by atoms with Crippen LogP contribution in [0.4, 0.5) is 0 Å². The Kier molecular flexibility index (Phi) is 5.56. The molecule has 0 unspecified atom stereocenters. The van der Waals surface area contributed by atoms with E-state index in [4.69, 9.17) is 0 Å². The van der Waals surface area contributed by atoms with Crippen molar-refractivity contribution in [2.45, 2.75) is 35.5 Å². The molecule has 0 spiro atoms. The van der Waals surface area contributed by atoms with Gasteiger partial charge in [0.1, 0.15) is 0 Å². The monoisotopic (exact) mass is 225 g/mol. The van der Waals surface area contributed by atoms with Crippen molar-refractivity contribution in [1.29, 1.82) is 0 Å². The van der Waals surface area contributed by atoms with Crippen LogP contribution in [0.2, 0.25) is 14.7 Å². The molecule has 0 nitrogen and oxygen atoms in total. The van der Waals surface area contributed by atoms with Crippen LogP contribution in [0.15, 0.2) is 0 Å². The topological polar surface area (TPSA) is 0 Å². The summed E-state index contributed by atoms with van der Waals surface area (Å²) in [6, 6.07) is 0. The van der Waals surface area contributed by atoms with Gasteiger partial charge in [-0.15, -0.1) is 0 Å². The summed E-state index contributed by atoms with van der Waals surface area (Å²) in [5, 5.41) is 4.73. The zero-order chi connectivity index (χ0) is 6.08. The van der Waals surface area contributed by atoms with Crippen molar-refractivity contribution in [2.75, 3.05) is 0 Å². The van der Waals surface area contributed by atoms with Gasteiger partial charge in [-0.2, -0.15) is 0 Å². The van der Waals surface area contributed by atoms with E-state index in [2.05, 4.69) is 31.6 Å². The molecule has 0 heterocycles. The molecule has 0 aliphatic rings. The Balaban J connectivity index is 0. The summed E-state index contributed by atoms with van der Waals surface area (Å²) in [7, 11) is 0. The van der Waals surface area contributed by atoms with Crippen LogP contribution in [0.1, 0.15) is 20.8 Å². The SMILES string of the molecule is [CH3][Pd]([CH3])[C](C)(C)C.[SiH4]. The van der Waals surface area contributed by atoms with E-state index in [1.54, 1.807) is 0 Å². The summed E-state index contributed by atoms with van der Waals surface area (Å²) >= 11 is -0.174. The van der Waals surface area contributed by atoms with Gasteiger partial charge >= 0.3 is 52.2 Å². The van der Waals surface area contributed by atoms with E-state index in [1.165, 1.54) is 0 Å². The number of hydrogen-bond acceptors (Lipinski definition) is 0. The van der Waals surface area contributed by atoms with Gasteiger partial charge in [-0.1, -0.05) is 0 Å². The van der Waals surface area contributed by atoms with E-state index >= 15 is 0 Å². The summed E-state index contributed by atoms with van der Waals surface area (Å²) in [5.41, 5.74) is 0. The van der Waals surface area contributed by atoms with Crippen molar-refractivity contribution in [3.63, 3.8) is 0 Å². The average Bonchev–Trinajstić information content (AvgIpc) is 1.31. The first-order chi connectivity index (χ1) is 2.94. The normalized spacial score (nSPS) is 12.4. The van der Waals surface area contributed by atoms with E-state index in [-0.39, 0.29) is 27.7 Å². The van der Waals surface area contributed by atoms with Crippen LogP contribution in [0.5, 0.6) is 0 Å². The predicted octanol–water partition coefficient (Wildman–Crippen LogP) is 1.47. The summed E-state index contributed by atoms with van der Waals surface area (Å²) < 4.78 is 0.617. The van der Waals surface area contributed by atoms with Crippen molar-refractivity contribution >= 4 is 11.0 Å². The second-order valence-electron chi connectivity index (χ2n) is 2.61. The van der Waals surface area contributed by atoms with Gasteiger partial charge in [-0.3, -0.25) is 0 Å². The van der Waals surface area contributed by atoms with Gasteiger partial charge in [0.2, 0.25) is 0 Å². The van der Waals surface area contributed by atoms with Crippen LogP contribution < -0.4 is 0 Å². The summed E-state index contributed by atoms with van der Waals surface area (Å²) in [4.78, 5) is 0. The van der Waals surface area contributed by atoms with Gasteiger partial charge in [0.05, 0.1) is 0 Å². The largest absolute Gasteiger partial charge is 0.0149 e. The molecule has 8 heavy (non-hydrogen) atoms. The smallest absolute Gasteiger partial charge is 0.0149 e. The molecule has 0 fully saturated rings. The van der Waals surface area contributed by atoms with Crippen LogP contribution in [0, 0.1) is 0 Å². The zero-order valence-electron chi connectivity index (χ0n) is 5.82. The quantitative estimate of drug-likeness (QED) is 0.548. The van der Waals surface area contributed by atoms with Gasteiger partial charge in [0, 0.05) is 0 Å². The van der Waals surface area contributed by atoms with E-state index < -0.39 is 0 Å². The van der Waals surface area contributed by atoms with Crippen molar-refractivity contribution in [1.82, 2.24) is 0 Å². The van der Waals surface area contributed by atoms with Crippen LogP contribution in [-0.4, -0.2) is 11.0 Å².